The molecule has 0 rings (SSSR count). The zero-order valence-electron chi connectivity index (χ0n) is 16.8. The normalized spacial score (nSPS) is 11.0. The molecule has 0 aromatic rings. The molecule has 0 aromatic heterocycles. The van der Waals surface area contributed by atoms with E-state index in [9.17, 15) is 9.59 Å². The minimum Gasteiger partial charge on any atom is -0.463 e. The summed E-state index contributed by atoms with van der Waals surface area (Å²) in [7, 11) is 1.52. The highest BCUT2D eigenvalue weighted by Gasteiger charge is 2.01. The highest BCUT2D eigenvalue weighted by Crippen LogP contribution is 2.11. The van der Waals surface area contributed by atoms with Crippen LogP contribution in [0.3, 0.4) is 0 Å². The number of unbranched alkanes of at least 4 members (excludes halogenated alkanes) is 11. The molecule has 0 bridgehead atoms. The molecule has 0 aliphatic heterocycles. The Labute approximate surface area is 159 Å². The van der Waals surface area contributed by atoms with Crippen molar-refractivity contribution in [3.8, 4) is 0 Å². The summed E-state index contributed by atoms with van der Waals surface area (Å²) in [4.78, 5) is 22.7. The molecule has 5 heteroatoms. The van der Waals surface area contributed by atoms with Gasteiger partial charge in [-0.05, 0) is 6.42 Å². The Balaban J connectivity index is 3.33. The summed E-state index contributed by atoms with van der Waals surface area (Å²) in [6, 6.07) is 0. The second kappa shape index (κ2) is 20.0. The van der Waals surface area contributed by atoms with Crippen LogP contribution in [0.2, 0.25) is 0 Å². The molecule has 0 saturated heterocycles. The van der Waals surface area contributed by atoms with Gasteiger partial charge in [-0.15, -0.1) is 0 Å². The summed E-state index contributed by atoms with van der Waals surface area (Å²) in [5.74, 6) is -1.07. The summed E-state index contributed by atoms with van der Waals surface area (Å²) < 4.78 is 14.6. The molecule has 0 radical (unpaired) electrons. The van der Waals surface area contributed by atoms with E-state index in [-0.39, 0.29) is 6.61 Å². The van der Waals surface area contributed by atoms with E-state index in [4.69, 9.17) is 14.2 Å². The number of methoxy groups -OCH3 is 1. The van der Waals surface area contributed by atoms with Crippen molar-refractivity contribution < 1.29 is 23.8 Å². The molecule has 0 unspecified atom stereocenters. The van der Waals surface area contributed by atoms with Gasteiger partial charge in [-0.1, -0.05) is 77.6 Å². The summed E-state index contributed by atoms with van der Waals surface area (Å²) in [5.41, 5.74) is 0. The highest BCUT2D eigenvalue weighted by molar-refractivity contribution is 5.91. The first-order valence-electron chi connectivity index (χ1n) is 10.2. The van der Waals surface area contributed by atoms with E-state index in [1.807, 2.05) is 0 Å². The third-order valence-electron chi connectivity index (χ3n) is 4.13. The molecular formula is C21H38O5. The number of hydrogen-bond donors (Lipinski definition) is 0. The number of ether oxygens (including phenoxy) is 3. The molecular weight excluding hydrogens is 332 g/mol. The number of rotatable bonds is 18. The fourth-order valence-corrected chi connectivity index (χ4v) is 2.57. The first kappa shape index (κ1) is 24.6. The smallest absolute Gasteiger partial charge is 0.331 e. The van der Waals surface area contributed by atoms with Crippen molar-refractivity contribution in [2.75, 3.05) is 26.9 Å². The van der Waals surface area contributed by atoms with Crippen molar-refractivity contribution in [3.63, 3.8) is 0 Å². The van der Waals surface area contributed by atoms with Gasteiger partial charge in [0.2, 0.25) is 0 Å². The van der Waals surface area contributed by atoms with E-state index in [1.165, 1.54) is 71.3 Å². The molecule has 0 saturated carbocycles. The minimum absolute atomic E-state index is 0.174. The van der Waals surface area contributed by atoms with Gasteiger partial charge in [0, 0.05) is 19.3 Å². The molecule has 152 valence electrons. The summed E-state index contributed by atoms with van der Waals surface area (Å²) >= 11 is 0. The number of hydrogen-bond acceptors (Lipinski definition) is 5. The fourth-order valence-electron chi connectivity index (χ4n) is 2.57. The standard InChI is InChI=1S/C21H38O5/c1-3-4-5-6-7-8-9-10-11-12-13-14-17-25-20(22)15-16-21(23)26-19-18-24-2/h15-16H,3-14,17-19H2,1-2H3/b16-15+. The number of carbonyl (C=O) groups excluding carboxylic acids is 2. The lowest BCUT2D eigenvalue weighted by Crippen LogP contribution is -2.08. The molecule has 0 aliphatic carbocycles. The van der Waals surface area contributed by atoms with Crippen LogP contribution in [0.15, 0.2) is 12.2 Å². The van der Waals surface area contributed by atoms with Gasteiger partial charge in [-0.2, -0.15) is 0 Å². The van der Waals surface area contributed by atoms with E-state index >= 15 is 0 Å². The van der Waals surface area contributed by atoms with E-state index in [1.54, 1.807) is 0 Å². The average Bonchev–Trinajstić information content (AvgIpc) is 2.64. The zero-order chi connectivity index (χ0) is 19.3. The molecule has 0 N–H and O–H groups in total. The maximum Gasteiger partial charge on any atom is 0.331 e. The van der Waals surface area contributed by atoms with Crippen LogP contribution in [-0.4, -0.2) is 38.9 Å². The summed E-state index contributed by atoms with van der Waals surface area (Å²) in [6.07, 6.45) is 17.4. The van der Waals surface area contributed by atoms with Crippen molar-refractivity contribution >= 4 is 11.9 Å². The van der Waals surface area contributed by atoms with E-state index in [0.29, 0.717) is 13.2 Å². The van der Waals surface area contributed by atoms with Crippen LogP contribution in [0.1, 0.15) is 84.0 Å². The van der Waals surface area contributed by atoms with E-state index in [0.717, 1.165) is 25.0 Å². The van der Waals surface area contributed by atoms with Gasteiger partial charge < -0.3 is 14.2 Å². The van der Waals surface area contributed by atoms with Gasteiger partial charge >= 0.3 is 11.9 Å². The molecule has 5 nitrogen and oxygen atoms in total. The highest BCUT2D eigenvalue weighted by atomic mass is 16.6. The Hall–Kier alpha value is -1.36. The largest absolute Gasteiger partial charge is 0.463 e. The SMILES string of the molecule is CCCCCCCCCCCCCCOC(=O)/C=C/C(=O)OCCOC. The van der Waals surface area contributed by atoms with Gasteiger partial charge in [0.25, 0.3) is 0 Å². The molecule has 0 atom stereocenters. The van der Waals surface area contributed by atoms with Crippen LogP contribution in [0, 0.1) is 0 Å². The van der Waals surface area contributed by atoms with E-state index < -0.39 is 11.9 Å². The Bertz CT molecular complexity index is 365. The monoisotopic (exact) mass is 370 g/mol. The Kier molecular flexibility index (Phi) is 18.9. The first-order chi connectivity index (χ1) is 12.7. The minimum atomic E-state index is -0.565. The predicted octanol–water partition coefficient (Wildman–Crippen LogP) is 4.98. The average molecular weight is 371 g/mol. The Morgan fingerprint density at radius 3 is 1.50 bits per heavy atom. The first-order valence-corrected chi connectivity index (χ1v) is 10.2. The maximum atomic E-state index is 11.4. The lowest BCUT2D eigenvalue weighted by molar-refractivity contribution is -0.141. The predicted molar refractivity (Wildman–Crippen MR) is 104 cm³/mol. The summed E-state index contributed by atoms with van der Waals surface area (Å²) in [5, 5.41) is 0. The van der Waals surface area contributed by atoms with Gasteiger partial charge in [-0.25, -0.2) is 9.59 Å². The van der Waals surface area contributed by atoms with Crippen molar-refractivity contribution in [1.29, 1.82) is 0 Å². The summed E-state index contributed by atoms with van der Waals surface area (Å²) in [6.45, 7) is 3.16. The quantitative estimate of drug-likeness (QED) is 0.193. The lowest BCUT2D eigenvalue weighted by atomic mass is 10.1. The molecule has 0 aromatic carbocycles. The van der Waals surface area contributed by atoms with Gasteiger partial charge in [0.05, 0.1) is 13.2 Å². The third-order valence-corrected chi connectivity index (χ3v) is 4.13. The molecule has 0 fully saturated rings. The number of esters is 2. The molecule has 26 heavy (non-hydrogen) atoms. The van der Waals surface area contributed by atoms with Crippen LogP contribution in [0.5, 0.6) is 0 Å². The molecule has 0 amide bonds. The van der Waals surface area contributed by atoms with Crippen molar-refractivity contribution in [1.82, 2.24) is 0 Å². The number of carbonyl (C=O) groups is 2. The Morgan fingerprint density at radius 1 is 0.615 bits per heavy atom. The van der Waals surface area contributed by atoms with Crippen LogP contribution in [0.25, 0.3) is 0 Å². The van der Waals surface area contributed by atoms with Crippen molar-refractivity contribution in [2.24, 2.45) is 0 Å². The molecule has 0 aliphatic rings. The maximum absolute atomic E-state index is 11.4. The zero-order valence-corrected chi connectivity index (χ0v) is 16.8. The Morgan fingerprint density at radius 2 is 1.04 bits per heavy atom. The van der Waals surface area contributed by atoms with Crippen LogP contribution >= 0.6 is 0 Å². The van der Waals surface area contributed by atoms with Gasteiger partial charge in [-0.3, -0.25) is 0 Å². The van der Waals surface area contributed by atoms with Crippen LogP contribution < -0.4 is 0 Å². The van der Waals surface area contributed by atoms with Gasteiger partial charge in [0.1, 0.15) is 6.61 Å². The van der Waals surface area contributed by atoms with Crippen molar-refractivity contribution in [3.05, 3.63) is 12.2 Å². The topological polar surface area (TPSA) is 61.8 Å². The van der Waals surface area contributed by atoms with Crippen LogP contribution in [0.4, 0.5) is 0 Å². The molecule has 0 spiro atoms. The van der Waals surface area contributed by atoms with E-state index in [2.05, 4.69) is 6.92 Å². The van der Waals surface area contributed by atoms with Gasteiger partial charge in [0.15, 0.2) is 0 Å². The second-order valence-electron chi connectivity index (χ2n) is 6.55. The van der Waals surface area contributed by atoms with Crippen molar-refractivity contribution in [2.45, 2.75) is 84.0 Å². The van der Waals surface area contributed by atoms with Crippen LogP contribution in [-0.2, 0) is 23.8 Å². The molecule has 0 heterocycles. The fraction of sp³-hybridized carbons (Fsp3) is 0.810. The second-order valence-corrected chi connectivity index (χ2v) is 6.55. The lowest BCUT2D eigenvalue weighted by Gasteiger charge is -2.04. The third kappa shape index (κ3) is 19.0.